The van der Waals surface area contributed by atoms with E-state index in [1.807, 2.05) is 53.9 Å². The number of thiazole rings is 1. The number of rotatable bonds is 7. The molecule has 0 radical (unpaired) electrons. The minimum absolute atomic E-state index is 0.103. The van der Waals surface area contributed by atoms with Gasteiger partial charge in [-0.05, 0) is 42.7 Å². The molecule has 1 aliphatic rings. The van der Waals surface area contributed by atoms with Crippen molar-refractivity contribution in [1.82, 2.24) is 4.98 Å². The van der Waals surface area contributed by atoms with Gasteiger partial charge in [0.25, 0.3) is 0 Å². The molecule has 0 bridgehead atoms. The van der Waals surface area contributed by atoms with Crippen LogP contribution in [0, 0.1) is 5.92 Å². The number of halogens is 1. The molecule has 0 atom stereocenters. The minimum Gasteiger partial charge on any atom is -0.331 e. The molecule has 0 spiro atoms. The van der Waals surface area contributed by atoms with E-state index < -0.39 is 0 Å². The molecule has 4 nitrogen and oxygen atoms in total. The summed E-state index contributed by atoms with van der Waals surface area (Å²) in [4.78, 5) is 16.8. The lowest BCUT2D eigenvalue weighted by Gasteiger charge is -2.09. The number of carbonyl (C=O) groups is 1. The number of anilines is 3. The summed E-state index contributed by atoms with van der Waals surface area (Å²) in [6.45, 7) is 0. The molecule has 4 rings (SSSR count). The monoisotopic (exact) mass is 425 g/mol. The quantitative estimate of drug-likeness (QED) is 0.423. The molecule has 0 unspecified atom stereocenters. The zero-order valence-corrected chi connectivity index (χ0v) is 17.7. The summed E-state index contributed by atoms with van der Waals surface area (Å²) in [7, 11) is 0. The second-order valence-electron chi connectivity index (χ2n) is 7.49. The Morgan fingerprint density at radius 2 is 1.90 bits per heavy atom. The van der Waals surface area contributed by atoms with Gasteiger partial charge in [-0.2, -0.15) is 0 Å². The topological polar surface area (TPSA) is 54.0 Å². The average molecular weight is 426 g/mol. The lowest BCUT2D eigenvalue weighted by Crippen LogP contribution is -2.12. The standard InChI is InChI=1S/C23H24ClN3OS/c24-18-6-3-7-20(14-18)26-23-27-21(15-29-23)17-9-11-19(12-10-17)25-22(28)13-8-16-4-1-2-5-16/h3,6-7,9-12,14-16H,1-2,4-5,8,13H2,(H,25,28)(H,26,27). The summed E-state index contributed by atoms with van der Waals surface area (Å²) in [6, 6.07) is 15.4. The Kier molecular flexibility index (Phi) is 6.47. The smallest absolute Gasteiger partial charge is 0.224 e. The first-order valence-electron chi connectivity index (χ1n) is 10.0. The third-order valence-electron chi connectivity index (χ3n) is 5.30. The van der Waals surface area contributed by atoms with Crippen LogP contribution in [0.25, 0.3) is 11.3 Å². The fourth-order valence-corrected chi connectivity index (χ4v) is 4.67. The molecular weight excluding hydrogens is 402 g/mol. The van der Waals surface area contributed by atoms with Crippen molar-refractivity contribution in [2.45, 2.75) is 38.5 Å². The predicted molar refractivity (Wildman–Crippen MR) is 122 cm³/mol. The van der Waals surface area contributed by atoms with Crippen molar-refractivity contribution in [2.75, 3.05) is 10.6 Å². The zero-order chi connectivity index (χ0) is 20.1. The van der Waals surface area contributed by atoms with Crippen LogP contribution in [0.2, 0.25) is 5.02 Å². The molecule has 6 heteroatoms. The number of nitrogens with one attached hydrogen (secondary N) is 2. The number of hydrogen-bond donors (Lipinski definition) is 2. The molecule has 0 saturated heterocycles. The highest BCUT2D eigenvalue weighted by Crippen LogP contribution is 2.30. The molecule has 2 aromatic carbocycles. The molecule has 1 aromatic heterocycles. The number of hydrogen-bond acceptors (Lipinski definition) is 4. The zero-order valence-electron chi connectivity index (χ0n) is 16.2. The second-order valence-corrected chi connectivity index (χ2v) is 8.78. The van der Waals surface area contributed by atoms with Gasteiger partial charge in [-0.15, -0.1) is 11.3 Å². The van der Waals surface area contributed by atoms with Crippen LogP contribution < -0.4 is 10.6 Å². The van der Waals surface area contributed by atoms with Crippen LogP contribution in [0.3, 0.4) is 0 Å². The van der Waals surface area contributed by atoms with E-state index in [0.717, 1.165) is 40.1 Å². The van der Waals surface area contributed by atoms with Crippen LogP contribution in [-0.4, -0.2) is 10.9 Å². The fourth-order valence-electron chi connectivity index (χ4n) is 3.74. The molecule has 2 N–H and O–H groups in total. The summed E-state index contributed by atoms with van der Waals surface area (Å²) in [5, 5.41) is 9.80. The molecule has 1 heterocycles. The van der Waals surface area contributed by atoms with E-state index in [1.54, 1.807) is 11.3 Å². The first kappa shape index (κ1) is 19.9. The van der Waals surface area contributed by atoms with Gasteiger partial charge in [0, 0.05) is 33.8 Å². The first-order valence-corrected chi connectivity index (χ1v) is 11.3. The van der Waals surface area contributed by atoms with E-state index in [1.165, 1.54) is 25.7 Å². The van der Waals surface area contributed by atoms with E-state index in [0.29, 0.717) is 11.4 Å². The van der Waals surface area contributed by atoms with E-state index >= 15 is 0 Å². The van der Waals surface area contributed by atoms with Crippen molar-refractivity contribution in [3.05, 3.63) is 58.9 Å². The highest BCUT2D eigenvalue weighted by Gasteiger charge is 2.16. The molecule has 1 saturated carbocycles. The normalized spacial score (nSPS) is 14.1. The number of nitrogens with zero attached hydrogens (tertiary/aromatic N) is 1. The van der Waals surface area contributed by atoms with Crippen LogP contribution in [0.1, 0.15) is 38.5 Å². The summed E-state index contributed by atoms with van der Waals surface area (Å²) in [6.07, 6.45) is 6.82. The van der Waals surface area contributed by atoms with Crippen molar-refractivity contribution < 1.29 is 4.79 Å². The molecule has 1 aliphatic carbocycles. The van der Waals surface area contributed by atoms with Crippen molar-refractivity contribution >= 4 is 45.4 Å². The largest absolute Gasteiger partial charge is 0.331 e. The highest BCUT2D eigenvalue weighted by atomic mass is 35.5. The fraction of sp³-hybridized carbons (Fsp3) is 0.304. The van der Waals surface area contributed by atoms with Gasteiger partial charge in [0.15, 0.2) is 5.13 Å². The maximum Gasteiger partial charge on any atom is 0.224 e. The predicted octanol–water partition coefficient (Wildman–Crippen LogP) is 7.12. The van der Waals surface area contributed by atoms with Crippen LogP contribution >= 0.6 is 22.9 Å². The Hall–Kier alpha value is -2.37. The number of benzene rings is 2. The molecule has 0 aliphatic heterocycles. The molecule has 29 heavy (non-hydrogen) atoms. The van der Waals surface area contributed by atoms with Crippen LogP contribution in [0.5, 0.6) is 0 Å². The molecule has 1 amide bonds. The van der Waals surface area contributed by atoms with E-state index in [-0.39, 0.29) is 5.91 Å². The van der Waals surface area contributed by atoms with Gasteiger partial charge in [0.1, 0.15) is 0 Å². The Morgan fingerprint density at radius 1 is 1.10 bits per heavy atom. The lowest BCUT2D eigenvalue weighted by atomic mass is 10.0. The van der Waals surface area contributed by atoms with E-state index in [9.17, 15) is 4.79 Å². The summed E-state index contributed by atoms with van der Waals surface area (Å²) in [5.41, 5.74) is 3.66. The minimum atomic E-state index is 0.103. The van der Waals surface area contributed by atoms with Gasteiger partial charge in [-0.1, -0.05) is 55.5 Å². The van der Waals surface area contributed by atoms with Crippen LogP contribution in [0.4, 0.5) is 16.5 Å². The van der Waals surface area contributed by atoms with Crippen molar-refractivity contribution in [1.29, 1.82) is 0 Å². The average Bonchev–Trinajstić information content (AvgIpc) is 3.39. The van der Waals surface area contributed by atoms with Crippen LogP contribution in [0.15, 0.2) is 53.9 Å². The van der Waals surface area contributed by atoms with Gasteiger partial charge in [0.05, 0.1) is 5.69 Å². The summed E-state index contributed by atoms with van der Waals surface area (Å²) >= 11 is 7.57. The molecular formula is C23H24ClN3OS. The number of amides is 1. The lowest BCUT2D eigenvalue weighted by molar-refractivity contribution is -0.116. The maximum absolute atomic E-state index is 12.2. The molecule has 1 fully saturated rings. The highest BCUT2D eigenvalue weighted by molar-refractivity contribution is 7.14. The van der Waals surface area contributed by atoms with Crippen LogP contribution in [-0.2, 0) is 4.79 Å². The third kappa shape index (κ3) is 5.58. The van der Waals surface area contributed by atoms with Gasteiger partial charge >= 0.3 is 0 Å². The maximum atomic E-state index is 12.2. The van der Waals surface area contributed by atoms with E-state index in [4.69, 9.17) is 11.6 Å². The molecule has 3 aromatic rings. The van der Waals surface area contributed by atoms with Crippen molar-refractivity contribution in [3.8, 4) is 11.3 Å². The number of carbonyl (C=O) groups excluding carboxylic acids is 1. The second kappa shape index (κ2) is 9.42. The van der Waals surface area contributed by atoms with Crippen molar-refractivity contribution in [2.24, 2.45) is 5.92 Å². The molecule has 150 valence electrons. The first-order chi connectivity index (χ1) is 14.2. The SMILES string of the molecule is O=C(CCC1CCCC1)Nc1ccc(-c2csc(Nc3cccc(Cl)c3)n2)cc1. The van der Waals surface area contributed by atoms with Crippen molar-refractivity contribution in [3.63, 3.8) is 0 Å². The van der Waals surface area contributed by atoms with Gasteiger partial charge in [-0.25, -0.2) is 4.98 Å². The number of aromatic nitrogens is 1. The van der Waals surface area contributed by atoms with Gasteiger partial charge in [0.2, 0.25) is 5.91 Å². The Morgan fingerprint density at radius 3 is 2.66 bits per heavy atom. The Balaban J connectivity index is 1.33. The third-order valence-corrected chi connectivity index (χ3v) is 6.29. The summed E-state index contributed by atoms with van der Waals surface area (Å²) in [5.74, 6) is 0.842. The Bertz CT molecular complexity index is 964. The van der Waals surface area contributed by atoms with E-state index in [2.05, 4.69) is 15.6 Å². The van der Waals surface area contributed by atoms with Gasteiger partial charge < -0.3 is 10.6 Å². The van der Waals surface area contributed by atoms with Gasteiger partial charge in [-0.3, -0.25) is 4.79 Å². The summed E-state index contributed by atoms with van der Waals surface area (Å²) < 4.78 is 0. The Labute approximate surface area is 180 Å².